The largest absolute Gasteiger partial charge is 0.537 e. The standard InChI is InChI=1S/C21H19BN2O6/c1-2-19(27)29-10-16-14(9-25)7-18-20-13(8-24(18)21(16)28)5-12-6-15(22-30-11-26)3-4-17(12)23-20/h3-7,11,22,25H,2,8-10H2,1H3. The van der Waals surface area contributed by atoms with Gasteiger partial charge < -0.3 is 19.1 Å². The Morgan fingerprint density at radius 2 is 2.17 bits per heavy atom. The summed E-state index contributed by atoms with van der Waals surface area (Å²) in [6, 6.07) is 9.26. The molecule has 0 atom stereocenters. The van der Waals surface area contributed by atoms with Gasteiger partial charge in [-0.25, -0.2) is 4.98 Å². The van der Waals surface area contributed by atoms with E-state index in [0.717, 1.165) is 21.9 Å². The molecule has 1 aliphatic rings. The second-order valence-electron chi connectivity index (χ2n) is 7.03. The Balaban J connectivity index is 1.76. The molecule has 0 saturated carbocycles. The zero-order chi connectivity index (χ0) is 21.3. The maximum Gasteiger partial charge on any atom is 0.377 e. The normalized spacial score (nSPS) is 11.7. The fourth-order valence-electron chi connectivity index (χ4n) is 3.65. The number of pyridine rings is 2. The number of benzene rings is 1. The maximum atomic E-state index is 13.1. The van der Waals surface area contributed by atoms with E-state index in [0.29, 0.717) is 30.0 Å². The number of hydrogen-bond acceptors (Lipinski definition) is 7. The summed E-state index contributed by atoms with van der Waals surface area (Å²) < 4.78 is 11.5. The van der Waals surface area contributed by atoms with Gasteiger partial charge in [0, 0.05) is 17.4 Å². The predicted octanol–water partition coefficient (Wildman–Crippen LogP) is 0.520. The molecule has 9 heteroatoms. The van der Waals surface area contributed by atoms with E-state index in [-0.39, 0.29) is 38.2 Å². The SMILES string of the molecule is CCC(=O)OCc1c(CO)cc2n(c1=O)Cc1cc3cc(BOC=O)ccc3nc1-2. The lowest BCUT2D eigenvalue weighted by atomic mass is 9.87. The summed E-state index contributed by atoms with van der Waals surface area (Å²) in [6.07, 6.45) is 0.211. The summed E-state index contributed by atoms with van der Waals surface area (Å²) in [7, 11) is 0.176. The average molecular weight is 406 g/mol. The number of rotatable bonds is 7. The molecule has 0 radical (unpaired) electrons. The highest BCUT2D eigenvalue weighted by atomic mass is 16.5. The van der Waals surface area contributed by atoms with Gasteiger partial charge in [0.15, 0.2) is 0 Å². The van der Waals surface area contributed by atoms with Crippen molar-refractivity contribution in [3.63, 3.8) is 0 Å². The molecule has 0 amide bonds. The topological polar surface area (TPSA) is 108 Å². The van der Waals surface area contributed by atoms with Gasteiger partial charge in [0.05, 0.1) is 35.6 Å². The molecule has 8 nitrogen and oxygen atoms in total. The van der Waals surface area contributed by atoms with Crippen LogP contribution in [0.1, 0.15) is 30.0 Å². The van der Waals surface area contributed by atoms with Gasteiger partial charge >= 0.3 is 13.5 Å². The average Bonchev–Trinajstić information content (AvgIpc) is 3.12. The number of ether oxygens (including phenoxy) is 1. The Morgan fingerprint density at radius 3 is 2.90 bits per heavy atom. The molecular formula is C21H19BN2O6. The highest BCUT2D eigenvalue weighted by Gasteiger charge is 2.25. The molecule has 0 saturated heterocycles. The number of nitrogens with zero attached hydrogens (tertiary/aromatic N) is 2. The van der Waals surface area contributed by atoms with Crippen molar-refractivity contribution in [3.05, 3.63) is 57.4 Å². The maximum absolute atomic E-state index is 13.1. The van der Waals surface area contributed by atoms with E-state index in [1.165, 1.54) is 0 Å². The van der Waals surface area contributed by atoms with Crippen LogP contribution in [0.4, 0.5) is 0 Å². The Kier molecular flexibility index (Phi) is 5.37. The minimum absolute atomic E-state index is 0.173. The van der Waals surface area contributed by atoms with Gasteiger partial charge in [-0.2, -0.15) is 0 Å². The molecule has 30 heavy (non-hydrogen) atoms. The summed E-state index contributed by atoms with van der Waals surface area (Å²) in [5, 5.41) is 10.6. The van der Waals surface area contributed by atoms with E-state index in [1.54, 1.807) is 17.6 Å². The van der Waals surface area contributed by atoms with Crippen LogP contribution in [0.15, 0.2) is 35.1 Å². The van der Waals surface area contributed by atoms with Crippen molar-refractivity contribution in [3.8, 4) is 11.4 Å². The minimum Gasteiger partial charge on any atom is -0.537 e. The summed E-state index contributed by atoms with van der Waals surface area (Å²) >= 11 is 0. The Bertz CT molecular complexity index is 1220. The van der Waals surface area contributed by atoms with E-state index in [2.05, 4.69) is 0 Å². The van der Waals surface area contributed by atoms with Gasteiger partial charge in [-0.3, -0.25) is 14.4 Å². The van der Waals surface area contributed by atoms with Crippen LogP contribution in [0.25, 0.3) is 22.3 Å². The number of fused-ring (bicyclic) bond motifs is 4. The van der Waals surface area contributed by atoms with Crippen molar-refractivity contribution < 1.29 is 24.1 Å². The van der Waals surface area contributed by atoms with Crippen LogP contribution in [-0.2, 0) is 38.7 Å². The third-order valence-corrected chi connectivity index (χ3v) is 5.18. The summed E-state index contributed by atoms with van der Waals surface area (Å²) in [5.74, 6) is -0.408. The van der Waals surface area contributed by atoms with Crippen molar-refractivity contribution in [1.29, 1.82) is 0 Å². The molecule has 1 aliphatic heterocycles. The summed E-state index contributed by atoms with van der Waals surface area (Å²) in [5.41, 5.74) is 4.16. The first-order valence-corrected chi connectivity index (χ1v) is 9.56. The lowest BCUT2D eigenvalue weighted by Gasteiger charge is -2.12. The molecule has 152 valence electrons. The first kappa shape index (κ1) is 19.8. The fraction of sp³-hybridized carbons (Fsp3) is 0.238. The number of carbonyl (C=O) groups is 2. The van der Waals surface area contributed by atoms with E-state index < -0.39 is 5.97 Å². The zero-order valence-corrected chi connectivity index (χ0v) is 16.4. The predicted molar refractivity (Wildman–Crippen MR) is 110 cm³/mol. The minimum atomic E-state index is -0.408. The molecule has 1 N–H and O–H groups in total. The van der Waals surface area contributed by atoms with Crippen LogP contribution in [0.2, 0.25) is 0 Å². The van der Waals surface area contributed by atoms with Crippen LogP contribution < -0.4 is 11.0 Å². The summed E-state index contributed by atoms with van der Waals surface area (Å²) in [4.78, 5) is 39.7. The van der Waals surface area contributed by atoms with Crippen molar-refractivity contribution in [2.24, 2.45) is 0 Å². The van der Waals surface area contributed by atoms with Gasteiger partial charge in [-0.1, -0.05) is 19.1 Å². The highest BCUT2D eigenvalue weighted by molar-refractivity contribution is 6.48. The molecule has 4 rings (SSSR count). The Labute approximate surface area is 172 Å². The Morgan fingerprint density at radius 1 is 1.33 bits per heavy atom. The molecule has 3 heterocycles. The van der Waals surface area contributed by atoms with Crippen LogP contribution >= 0.6 is 0 Å². The van der Waals surface area contributed by atoms with Gasteiger partial charge in [-0.05, 0) is 29.2 Å². The van der Waals surface area contributed by atoms with Crippen molar-refractivity contribution >= 4 is 36.3 Å². The smallest absolute Gasteiger partial charge is 0.377 e. The quantitative estimate of drug-likeness (QED) is 0.271. The number of aliphatic hydroxyl groups is 1. The van der Waals surface area contributed by atoms with Gasteiger partial charge in [0.2, 0.25) is 0 Å². The van der Waals surface area contributed by atoms with Crippen LogP contribution in [0.3, 0.4) is 0 Å². The molecule has 0 fully saturated rings. The monoisotopic (exact) mass is 406 g/mol. The van der Waals surface area contributed by atoms with Gasteiger partial charge in [0.25, 0.3) is 12.0 Å². The van der Waals surface area contributed by atoms with E-state index in [1.807, 2.05) is 24.3 Å². The molecular weight excluding hydrogens is 387 g/mol. The first-order chi connectivity index (χ1) is 14.5. The molecule has 3 aromatic rings. The number of carbonyl (C=O) groups excluding carboxylic acids is 2. The fourth-order valence-corrected chi connectivity index (χ4v) is 3.65. The third-order valence-electron chi connectivity index (χ3n) is 5.18. The first-order valence-electron chi connectivity index (χ1n) is 9.56. The van der Waals surface area contributed by atoms with Gasteiger partial charge in [-0.15, -0.1) is 0 Å². The zero-order valence-electron chi connectivity index (χ0n) is 16.4. The molecule has 0 unspecified atom stereocenters. The number of aliphatic hydroxyl groups excluding tert-OH is 1. The number of aromatic nitrogens is 2. The van der Waals surface area contributed by atoms with Crippen LogP contribution in [0, 0.1) is 0 Å². The van der Waals surface area contributed by atoms with Crippen molar-refractivity contribution in [2.75, 3.05) is 0 Å². The van der Waals surface area contributed by atoms with E-state index in [9.17, 15) is 19.5 Å². The van der Waals surface area contributed by atoms with Crippen LogP contribution in [0.5, 0.6) is 0 Å². The number of esters is 1. The van der Waals surface area contributed by atoms with Gasteiger partial charge in [0.1, 0.15) is 6.61 Å². The highest BCUT2D eigenvalue weighted by Crippen LogP contribution is 2.32. The lowest BCUT2D eigenvalue weighted by Crippen LogP contribution is -2.26. The molecule has 0 bridgehead atoms. The molecule has 1 aromatic carbocycles. The second kappa shape index (κ2) is 8.12. The van der Waals surface area contributed by atoms with Crippen LogP contribution in [-0.4, -0.2) is 34.6 Å². The van der Waals surface area contributed by atoms with Crippen molar-refractivity contribution in [1.82, 2.24) is 9.55 Å². The van der Waals surface area contributed by atoms with E-state index in [4.69, 9.17) is 14.4 Å². The summed E-state index contributed by atoms with van der Waals surface area (Å²) in [6.45, 7) is 1.90. The Hall–Kier alpha value is -3.46. The lowest BCUT2D eigenvalue weighted by molar-refractivity contribution is -0.144. The van der Waals surface area contributed by atoms with Crippen molar-refractivity contribution in [2.45, 2.75) is 33.1 Å². The third kappa shape index (κ3) is 3.48. The second-order valence-corrected chi connectivity index (χ2v) is 7.03. The van der Waals surface area contributed by atoms with E-state index >= 15 is 0 Å². The molecule has 0 aliphatic carbocycles. The molecule has 0 spiro atoms. The number of hydrogen-bond donors (Lipinski definition) is 1. The molecule has 2 aromatic heterocycles.